The summed E-state index contributed by atoms with van der Waals surface area (Å²) in [5.41, 5.74) is 0.0718. The summed E-state index contributed by atoms with van der Waals surface area (Å²) in [6, 6.07) is 6.78. The van der Waals surface area contributed by atoms with Gasteiger partial charge in [-0.25, -0.2) is 4.79 Å². The quantitative estimate of drug-likeness (QED) is 0.898. The molecule has 0 aliphatic heterocycles. The zero-order valence-corrected chi connectivity index (χ0v) is 10.6. The van der Waals surface area contributed by atoms with E-state index in [9.17, 15) is 15.0 Å². The van der Waals surface area contributed by atoms with E-state index in [4.69, 9.17) is 21.2 Å². The molecule has 0 aliphatic carbocycles. The first-order chi connectivity index (χ1) is 9.02. The molecule has 19 heavy (non-hydrogen) atoms. The van der Waals surface area contributed by atoms with E-state index in [0.717, 1.165) is 0 Å². The summed E-state index contributed by atoms with van der Waals surface area (Å²) in [6.07, 6.45) is 0. The van der Waals surface area contributed by atoms with Gasteiger partial charge in [0.15, 0.2) is 0 Å². The fourth-order valence-corrected chi connectivity index (χ4v) is 1.64. The number of nitrogens with zero attached hydrogens (tertiary/aromatic N) is 1. The molecule has 0 saturated carbocycles. The highest BCUT2D eigenvalue weighted by molar-refractivity contribution is 6.31. The number of aromatic nitrogens is 1. The van der Waals surface area contributed by atoms with Gasteiger partial charge in [-0.2, -0.15) is 0 Å². The van der Waals surface area contributed by atoms with Crippen LogP contribution in [0.15, 0.2) is 30.3 Å². The van der Waals surface area contributed by atoms with E-state index in [1.165, 1.54) is 31.4 Å². The van der Waals surface area contributed by atoms with Crippen molar-refractivity contribution in [3.8, 4) is 17.5 Å². The molecule has 100 valence electrons. The fourth-order valence-electron chi connectivity index (χ4n) is 1.47. The predicted molar refractivity (Wildman–Crippen MR) is 66.7 cm³/mol. The molecule has 0 aliphatic rings. The number of aromatic hydroxyl groups is 2. The molecular weight excluding hydrogens is 274 g/mol. The Labute approximate surface area is 113 Å². The van der Waals surface area contributed by atoms with Gasteiger partial charge in [0.05, 0.1) is 7.11 Å². The number of rotatable bonds is 3. The molecule has 1 aromatic carbocycles. The second-order valence-electron chi connectivity index (χ2n) is 3.57. The lowest BCUT2D eigenvalue weighted by Crippen LogP contribution is -2.19. The molecule has 0 atom stereocenters. The molecular formula is C12H10ClNO5. The number of carbonyl (C=O) groups is 1. The molecule has 0 amide bonds. The molecule has 0 saturated heterocycles. The third kappa shape index (κ3) is 2.58. The Morgan fingerprint density at radius 3 is 2.42 bits per heavy atom. The number of hydrogen-bond acceptors (Lipinski definition) is 5. The topological polar surface area (TPSA) is 80.9 Å². The van der Waals surface area contributed by atoms with E-state index >= 15 is 0 Å². The summed E-state index contributed by atoms with van der Waals surface area (Å²) in [5.74, 6) is -1.39. The largest absolute Gasteiger partial charge is 0.496 e. The van der Waals surface area contributed by atoms with Gasteiger partial charge < -0.3 is 19.8 Å². The van der Waals surface area contributed by atoms with Gasteiger partial charge in [0, 0.05) is 17.2 Å². The van der Waals surface area contributed by atoms with Crippen LogP contribution in [0.2, 0.25) is 5.02 Å². The number of carbonyl (C=O) groups excluding carboxylic acids is 1. The second-order valence-corrected chi connectivity index (χ2v) is 4.00. The van der Waals surface area contributed by atoms with Crippen LogP contribution in [0.5, 0.6) is 17.5 Å². The molecule has 6 nitrogen and oxygen atoms in total. The van der Waals surface area contributed by atoms with Gasteiger partial charge in [-0.1, -0.05) is 11.6 Å². The van der Waals surface area contributed by atoms with Gasteiger partial charge in [-0.15, -0.1) is 4.73 Å². The highest BCUT2D eigenvalue weighted by Crippen LogP contribution is 2.24. The summed E-state index contributed by atoms with van der Waals surface area (Å²) in [5, 5.41) is 19.1. The van der Waals surface area contributed by atoms with Crippen LogP contribution in [0.3, 0.4) is 0 Å². The minimum atomic E-state index is -0.832. The average molecular weight is 284 g/mol. The van der Waals surface area contributed by atoms with Crippen molar-refractivity contribution in [2.45, 2.75) is 0 Å². The lowest BCUT2D eigenvalue weighted by molar-refractivity contribution is 0.0378. The van der Waals surface area contributed by atoms with Gasteiger partial charge in [0.2, 0.25) is 11.8 Å². The van der Waals surface area contributed by atoms with Gasteiger partial charge in [-0.3, -0.25) is 0 Å². The number of ether oxygens (including phenoxy) is 1. The molecule has 2 aromatic rings. The molecule has 0 unspecified atom stereocenters. The molecule has 0 radical (unpaired) electrons. The molecule has 2 rings (SSSR count). The van der Waals surface area contributed by atoms with E-state index in [2.05, 4.69) is 0 Å². The van der Waals surface area contributed by atoms with E-state index in [-0.39, 0.29) is 11.3 Å². The van der Waals surface area contributed by atoms with Crippen molar-refractivity contribution < 1.29 is 24.6 Å². The van der Waals surface area contributed by atoms with Gasteiger partial charge in [-0.05, 0) is 18.2 Å². The molecule has 1 aromatic heterocycles. The van der Waals surface area contributed by atoms with Crippen LogP contribution in [-0.2, 0) is 0 Å². The Balaban J connectivity index is 2.32. The first-order valence-electron chi connectivity index (χ1n) is 5.19. The van der Waals surface area contributed by atoms with Crippen LogP contribution in [0.1, 0.15) is 10.4 Å². The number of halogens is 1. The van der Waals surface area contributed by atoms with Crippen LogP contribution in [0.25, 0.3) is 0 Å². The SMILES string of the molecule is COc1ccc(Cl)cc1C(=O)On1c(O)ccc1O. The standard InChI is InChI=1S/C12H10ClNO5/c1-18-9-3-2-7(13)6-8(9)12(17)19-14-10(15)4-5-11(14)16/h2-6,15-16H,1H3. The maximum absolute atomic E-state index is 11.9. The van der Waals surface area contributed by atoms with Gasteiger partial charge in [0.25, 0.3) is 0 Å². The first kappa shape index (κ1) is 13.1. The Kier molecular flexibility index (Phi) is 3.52. The summed E-state index contributed by atoms with van der Waals surface area (Å²) < 4.78 is 5.59. The third-order valence-electron chi connectivity index (χ3n) is 2.35. The maximum Gasteiger partial charge on any atom is 0.367 e. The third-order valence-corrected chi connectivity index (χ3v) is 2.59. The van der Waals surface area contributed by atoms with Crippen molar-refractivity contribution in [1.29, 1.82) is 0 Å². The van der Waals surface area contributed by atoms with Crippen LogP contribution in [0.4, 0.5) is 0 Å². The normalized spacial score (nSPS) is 10.2. The van der Waals surface area contributed by atoms with E-state index in [0.29, 0.717) is 9.75 Å². The Bertz CT molecular complexity index is 603. The van der Waals surface area contributed by atoms with Crippen molar-refractivity contribution in [2.24, 2.45) is 0 Å². The lowest BCUT2D eigenvalue weighted by atomic mass is 10.2. The van der Waals surface area contributed by atoms with Gasteiger partial charge >= 0.3 is 5.97 Å². The Hall–Kier alpha value is -2.34. The summed E-state index contributed by atoms with van der Waals surface area (Å²) >= 11 is 5.79. The van der Waals surface area contributed by atoms with Gasteiger partial charge in [0.1, 0.15) is 11.3 Å². The maximum atomic E-state index is 11.9. The number of benzene rings is 1. The van der Waals surface area contributed by atoms with Crippen LogP contribution in [-0.4, -0.2) is 28.0 Å². The number of hydrogen-bond donors (Lipinski definition) is 2. The zero-order chi connectivity index (χ0) is 14.0. The molecule has 0 fully saturated rings. The van der Waals surface area contributed by atoms with Crippen molar-refractivity contribution in [2.75, 3.05) is 7.11 Å². The highest BCUT2D eigenvalue weighted by Gasteiger charge is 2.18. The van der Waals surface area contributed by atoms with Crippen LogP contribution in [0, 0.1) is 0 Å². The molecule has 0 spiro atoms. The van der Waals surface area contributed by atoms with Crippen LogP contribution < -0.4 is 9.57 Å². The Morgan fingerprint density at radius 1 is 1.21 bits per heavy atom. The Morgan fingerprint density at radius 2 is 1.84 bits per heavy atom. The zero-order valence-electron chi connectivity index (χ0n) is 9.83. The van der Waals surface area contributed by atoms with Crippen molar-refractivity contribution in [1.82, 2.24) is 4.73 Å². The molecule has 7 heteroatoms. The number of methoxy groups -OCH3 is 1. The van der Waals surface area contributed by atoms with Crippen LogP contribution >= 0.6 is 11.6 Å². The monoisotopic (exact) mass is 283 g/mol. The second kappa shape index (κ2) is 5.11. The first-order valence-corrected chi connectivity index (χ1v) is 5.56. The highest BCUT2D eigenvalue weighted by atomic mass is 35.5. The van der Waals surface area contributed by atoms with Crippen molar-refractivity contribution in [3.63, 3.8) is 0 Å². The summed E-state index contributed by atoms with van der Waals surface area (Å²) in [6.45, 7) is 0. The van der Waals surface area contributed by atoms with Crippen molar-refractivity contribution in [3.05, 3.63) is 40.9 Å². The molecule has 2 N–H and O–H groups in total. The van der Waals surface area contributed by atoms with E-state index in [1.54, 1.807) is 6.07 Å². The minimum Gasteiger partial charge on any atom is -0.496 e. The average Bonchev–Trinajstić information content (AvgIpc) is 2.70. The molecule has 0 bridgehead atoms. The van der Waals surface area contributed by atoms with E-state index < -0.39 is 17.7 Å². The predicted octanol–water partition coefficient (Wildman–Crippen LogP) is 1.83. The summed E-state index contributed by atoms with van der Waals surface area (Å²) in [7, 11) is 1.39. The van der Waals surface area contributed by atoms with Crippen molar-refractivity contribution >= 4 is 17.6 Å². The fraction of sp³-hybridized carbons (Fsp3) is 0.0833. The molecule has 1 heterocycles. The minimum absolute atomic E-state index is 0.0718. The smallest absolute Gasteiger partial charge is 0.367 e. The van der Waals surface area contributed by atoms with E-state index in [1.807, 2.05) is 0 Å². The lowest BCUT2D eigenvalue weighted by Gasteiger charge is -2.10. The summed E-state index contributed by atoms with van der Waals surface area (Å²) in [4.78, 5) is 16.8.